The standard InChI is InChI=1S/C25H33FNO4P/c1-30-21-9-10-24(26)22(14-21)18-5-3-17(4-6-18)15-31-25-13-20(11-12-27-25)23(19-7-8-19)16-32(2,28)29/h9-14,17-19,23H,3-8,15-16H2,1-2H3,(H,28,29)/t17-,18-,23?. The summed E-state index contributed by atoms with van der Waals surface area (Å²) < 4.78 is 37.6. The van der Waals surface area contributed by atoms with Crippen molar-refractivity contribution in [3.8, 4) is 11.6 Å². The lowest BCUT2D eigenvalue weighted by Gasteiger charge is -2.29. The van der Waals surface area contributed by atoms with Crippen LogP contribution < -0.4 is 9.47 Å². The number of hydrogen-bond acceptors (Lipinski definition) is 4. The van der Waals surface area contributed by atoms with Crippen LogP contribution in [0.3, 0.4) is 0 Å². The smallest absolute Gasteiger partial charge is 0.213 e. The number of benzene rings is 1. The van der Waals surface area contributed by atoms with E-state index in [0.29, 0.717) is 36.2 Å². The van der Waals surface area contributed by atoms with Crippen LogP contribution in [-0.2, 0) is 4.57 Å². The summed E-state index contributed by atoms with van der Waals surface area (Å²) in [7, 11) is -1.49. The van der Waals surface area contributed by atoms with Crippen molar-refractivity contribution in [2.75, 3.05) is 26.5 Å². The molecule has 1 aromatic heterocycles. The molecule has 2 aliphatic rings. The van der Waals surface area contributed by atoms with Gasteiger partial charge in [0.15, 0.2) is 7.37 Å². The van der Waals surface area contributed by atoms with Gasteiger partial charge >= 0.3 is 0 Å². The van der Waals surface area contributed by atoms with Crippen LogP contribution in [0.5, 0.6) is 11.6 Å². The van der Waals surface area contributed by atoms with E-state index in [1.54, 1.807) is 19.4 Å². The largest absolute Gasteiger partial charge is 0.497 e. The molecule has 1 N–H and O–H groups in total. The molecular weight excluding hydrogens is 428 g/mol. The van der Waals surface area contributed by atoms with E-state index in [2.05, 4.69) is 4.98 Å². The number of rotatable bonds is 9. The van der Waals surface area contributed by atoms with Gasteiger partial charge in [-0.15, -0.1) is 0 Å². The average Bonchev–Trinajstić information content (AvgIpc) is 3.62. The number of nitrogens with zero attached hydrogens (tertiary/aromatic N) is 1. The Morgan fingerprint density at radius 1 is 1.16 bits per heavy atom. The Morgan fingerprint density at radius 3 is 2.56 bits per heavy atom. The van der Waals surface area contributed by atoms with Crippen LogP contribution in [0, 0.1) is 17.7 Å². The topological polar surface area (TPSA) is 68.7 Å². The van der Waals surface area contributed by atoms with Gasteiger partial charge in [0, 0.05) is 25.1 Å². The highest BCUT2D eigenvalue weighted by Gasteiger charge is 2.35. The highest BCUT2D eigenvalue weighted by atomic mass is 31.2. The third kappa shape index (κ3) is 6.11. The van der Waals surface area contributed by atoms with Gasteiger partial charge in [-0.1, -0.05) is 0 Å². The number of aromatic nitrogens is 1. The molecule has 2 atom stereocenters. The number of pyridine rings is 1. The third-order valence-electron chi connectivity index (χ3n) is 6.87. The van der Waals surface area contributed by atoms with Crippen molar-refractivity contribution in [3.05, 3.63) is 53.5 Å². The third-order valence-corrected chi connectivity index (χ3v) is 7.94. The van der Waals surface area contributed by atoms with Crippen LogP contribution in [0.2, 0.25) is 0 Å². The Morgan fingerprint density at radius 2 is 1.91 bits per heavy atom. The molecule has 2 aromatic rings. The van der Waals surface area contributed by atoms with Gasteiger partial charge in [-0.2, -0.15) is 0 Å². The molecule has 0 aliphatic heterocycles. The van der Waals surface area contributed by atoms with Crippen molar-refractivity contribution in [1.82, 2.24) is 4.98 Å². The molecule has 1 heterocycles. The minimum absolute atomic E-state index is 0.0920. The Bertz CT molecular complexity index is 966. The maximum atomic E-state index is 14.3. The van der Waals surface area contributed by atoms with Crippen molar-refractivity contribution in [3.63, 3.8) is 0 Å². The van der Waals surface area contributed by atoms with E-state index in [-0.39, 0.29) is 17.7 Å². The molecule has 5 nitrogen and oxygen atoms in total. The molecule has 2 saturated carbocycles. The van der Waals surface area contributed by atoms with E-state index < -0.39 is 7.37 Å². The fourth-order valence-corrected chi connectivity index (χ4v) is 6.17. The van der Waals surface area contributed by atoms with Crippen molar-refractivity contribution in [2.45, 2.75) is 50.4 Å². The lowest BCUT2D eigenvalue weighted by Crippen LogP contribution is -2.20. The van der Waals surface area contributed by atoms with Gasteiger partial charge in [0.25, 0.3) is 0 Å². The summed E-state index contributed by atoms with van der Waals surface area (Å²) >= 11 is 0. The van der Waals surface area contributed by atoms with Gasteiger partial charge in [0.1, 0.15) is 11.6 Å². The Balaban J connectivity index is 1.32. The lowest BCUT2D eigenvalue weighted by atomic mass is 9.79. The summed E-state index contributed by atoms with van der Waals surface area (Å²) in [6.07, 6.45) is 8.09. The first kappa shape index (κ1) is 23.3. The SMILES string of the molecule is COc1ccc(F)c([C@H]2CC[C@H](COc3cc(C(CP(C)(=O)O)C4CC4)ccn3)CC2)c1. The number of halogens is 1. The van der Waals surface area contributed by atoms with Crippen molar-refractivity contribution < 1.29 is 23.3 Å². The Labute approximate surface area is 189 Å². The molecule has 7 heteroatoms. The maximum Gasteiger partial charge on any atom is 0.213 e. The molecule has 32 heavy (non-hydrogen) atoms. The fourth-order valence-electron chi connectivity index (χ4n) is 4.93. The van der Waals surface area contributed by atoms with E-state index >= 15 is 0 Å². The van der Waals surface area contributed by atoms with Crippen molar-refractivity contribution in [1.29, 1.82) is 0 Å². The van der Waals surface area contributed by atoms with Gasteiger partial charge in [0.05, 0.1) is 13.7 Å². The summed E-state index contributed by atoms with van der Waals surface area (Å²) in [6, 6.07) is 8.86. The minimum Gasteiger partial charge on any atom is -0.497 e. The molecule has 174 valence electrons. The van der Waals surface area contributed by atoms with Gasteiger partial charge in [-0.25, -0.2) is 9.37 Å². The molecule has 2 unspecified atom stereocenters. The van der Waals surface area contributed by atoms with Crippen LogP contribution >= 0.6 is 7.37 Å². The van der Waals surface area contributed by atoms with Crippen LogP contribution in [0.4, 0.5) is 4.39 Å². The molecule has 0 amide bonds. The first-order chi connectivity index (χ1) is 15.3. The van der Waals surface area contributed by atoms with E-state index in [9.17, 15) is 13.8 Å². The van der Waals surface area contributed by atoms with Crippen molar-refractivity contribution >= 4 is 7.37 Å². The van der Waals surface area contributed by atoms with E-state index in [4.69, 9.17) is 9.47 Å². The van der Waals surface area contributed by atoms with Gasteiger partial charge in [-0.3, -0.25) is 4.57 Å². The second-order valence-corrected chi connectivity index (χ2v) is 12.0. The lowest BCUT2D eigenvalue weighted by molar-refractivity contribution is 0.193. The van der Waals surface area contributed by atoms with E-state index in [1.165, 1.54) is 12.7 Å². The highest BCUT2D eigenvalue weighted by molar-refractivity contribution is 7.57. The summed E-state index contributed by atoms with van der Waals surface area (Å²) in [6.45, 7) is 2.03. The van der Waals surface area contributed by atoms with Crippen molar-refractivity contribution in [2.24, 2.45) is 11.8 Å². The Kier molecular flexibility index (Phi) is 7.21. The van der Waals surface area contributed by atoms with Crippen LogP contribution in [0.1, 0.15) is 61.5 Å². The van der Waals surface area contributed by atoms with Gasteiger partial charge < -0.3 is 14.4 Å². The summed E-state index contributed by atoms with van der Waals surface area (Å²) in [5, 5.41) is 0. The molecule has 2 fully saturated rings. The normalized spacial score (nSPS) is 23.9. The molecule has 1 aromatic carbocycles. The first-order valence-corrected chi connectivity index (χ1v) is 13.8. The minimum atomic E-state index is -3.09. The molecule has 2 aliphatic carbocycles. The second kappa shape index (κ2) is 9.93. The zero-order chi connectivity index (χ0) is 22.7. The Hall–Kier alpha value is -1.91. The molecule has 4 rings (SSSR count). The fraction of sp³-hybridized carbons (Fsp3) is 0.560. The summed E-state index contributed by atoms with van der Waals surface area (Å²) in [4.78, 5) is 14.3. The van der Waals surface area contributed by atoms with E-state index in [1.807, 2.05) is 18.2 Å². The number of hydrogen-bond donors (Lipinski definition) is 1. The van der Waals surface area contributed by atoms with E-state index in [0.717, 1.165) is 49.7 Å². The highest BCUT2D eigenvalue weighted by Crippen LogP contribution is 2.50. The summed E-state index contributed by atoms with van der Waals surface area (Å²) in [5.74, 6) is 2.33. The average molecular weight is 462 g/mol. The van der Waals surface area contributed by atoms with Gasteiger partial charge in [-0.05, 0) is 97.6 Å². The zero-order valence-electron chi connectivity index (χ0n) is 18.9. The monoisotopic (exact) mass is 461 g/mol. The molecule has 0 bridgehead atoms. The van der Waals surface area contributed by atoms with Crippen LogP contribution in [-0.4, -0.2) is 36.4 Å². The number of ether oxygens (including phenoxy) is 2. The maximum absolute atomic E-state index is 14.3. The molecule has 0 spiro atoms. The molecular formula is C25H33FNO4P. The van der Waals surface area contributed by atoms with Gasteiger partial charge in [0.2, 0.25) is 5.88 Å². The van der Waals surface area contributed by atoms with Crippen LogP contribution in [0.25, 0.3) is 0 Å². The molecule has 0 radical (unpaired) electrons. The van der Waals surface area contributed by atoms with Crippen LogP contribution in [0.15, 0.2) is 36.5 Å². The predicted octanol–water partition coefficient (Wildman–Crippen LogP) is 5.98. The second-order valence-electron chi connectivity index (χ2n) is 9.52. The predicted molar refractivity (Wildman–Crippen MR) is 123 cm³/mol. The summed E-state index contributed by atoms with van der Waals surface area (Å²) in [5.41, 5.74) is 1.80. The zero-order valence-corrected chi connectivity index (χ0v) is 19.8. The quantitative estimate of drug-likeness (QED) is 0.466. The molecule has 0 saturated heterocycles. The first-order valence-electron chi connectivity index (χ1n) is 11.5. The number of methoxy groups -OCH3 is 1.